The Balaban J connectivity index is 1.66. The number of carbonyl (C=O) groups excluding carboxylic acids is 1. The Morgan fingerprint density at radius 2 is 1.67 bits per heavy atom. The highest BCUT2D eigenvalue weighted by molar-refractivity contribution is 5.81. The number of carbonyl (C=O) groups is 1. The van der Waals surface area contributed by atoms with E-state index in [1.807, 2.05) is 0 Å². The smallest absolute Gasteiger partial charge is 0.136 e. The highest BCUT2D eigenvalue weighted by atomic mass is 16.1. The molecule has 0 bridgehead atoms. The van der Waals surface area contributed by atoms with Crippen molar-refractivity contribution in [1.29, 1.82) is 0 Å². The van der Waals surface area contributed by atoms with E-state index >= 15 is 0 Å². The van der Waals surface area contributed by atoms with Gasteiger partial charge in [0.2, 0.25) is 0 Å². The summed E-state index contributed by atoms with van der Waals surface area (Å²) in [5.74, 6) is 1.76. The van der Waals surface area contributed by atoms with E-state index in [4.69, 9.17) is 0 Å². The summed E-state index contributed by atoms with van der Waals surface area (Å²) in [6, 6.07) is 0.700. The highest BCUT2D eigenvalue weighted by Gasteiger charge is 2.27. The van der Waals surface area contributed by atoms with E-state index in [2.05, 4.69) is 30.6 Å². The molecule has 0 spiro atoms. The van der Waals surface area contributed by atoms with E-state index in [1.54, 1.807) is 0 Å². The quantitative estimate of drug-likeness (QED) is 0.751. The standard InChI is InChI=1S/C18H34N2O/c1-4-5-18(21)17-8-10-19(11-9-17)14-16-6-12-20(13-7-16)15(2)3/h15-17H,4-14H2,1-3H3. The number of piperidine rings is 2. The van der Waals surface area contributed by atoms with Gasteiger partial charge in [0.1, 0.15) is 5.78 Å². The molecular formula is C18H34N2O. The minimum atomic E-state index is 0.365. The summed E-state index contributed by atoms with van der Waals surface area (Å²) in [6.07, 6.45) is 6.71. The first-order valence-corrected chi connectivity index (χ1v) is 9.09. The molecule has 0 amide bonds. The number of rotatable bonds is 6. The Kier molecular flexibility index (Phi) is 6.69. The molecule has 2 heterocycles. The van der Waals surface area contributed by atoms with Crippen LogP contribution >= 0.6 is 0 Å². The average molecular weight is 294 g/mol. The SMILES string of the molecule is CCCC(=O)C1CCN(CC2CCN(C(C)C)CC2)CC1. The van der Waals surface area contributed by atoms with Crippen molar-refractivity contribution in [3.63, 3.8) is 0 Å². The average Bonchev–Trinajstić information content (AvgIpc) is 2.49. The number of ketones is 1. The molecule has 2 saturated heterocycles. The Labute approximate surface area is 131 Å². The summed E-state index contributed by atoms with van der Waals surface area (Å²) in [4.78, 5) is 17.2. The van der Waals surface area contributed by atoms with Crippen LogP contribution in [0.15, 0.2) is 0 Å². The fraction of sp³-hybridized carbons (Fsp3) is 0.944. The fourth-order valence-electron chi connectivity index (χ4n) is 3.91. The second-order valence-corrected chi connectivity index (χ2v) is 7.36. The van der Waals surface area contributed by atoms with E-state index < -0.39 is 0 Å². The second kappa shape index (κ2) is 8.28. The Morgan fingerprint density at radius 1 is 1.05 bits per heavy atom. The predicted molar refractivity (Wildman–Crippen MR) is 88.5 cm³/mol. The van der Waals surface area contributed by atoms with Crippen LogP contribution < -0.4 is 0 Å². The molecule has 0 aromatic rings. The van der Waals surface area contributed by atoms with Gasteiger partial charge in [0.05, 0.1) is 0 Å². The molecule has 21 heavy (non-hydrogen) atoms. The number of likely N-dealkylation sites (tertiary alicyclic amines) is 2. The lowest BCUT2D eigenvalue weighted by molar-refractivity contribution is -0.124. The summed E-state index contributed by atoms with van der Waals surface area (Å²) in [5.41, 5.74) is 0. The van der Waals surface area contributed by atoms with Gasteiger partial charge in [-0.3, -0.25) is 4.79 Å². The third-order valence-corrected chi connectivity index (χ3v) is 5.44. The van der Waals surface area contributed by atoms with Crippen molar-refractivity contribution in [2.45, 2.75) is 65.3 Å². The maximum atomic E-state index is 12.0. The van der Waals surface area contributed by atoms with Crippen molar-refractivity contribution in [2.24, 2.45) is 11.8 Å². The van der Waals surface area contributed by atoms with E-state index in [9.17, 15) is 4.79 Å². The molecule has 0 N–H and O–H groups in total. The number of Topliss-reactive ketones (excluding diaryl/α,β-unsaturated/α-hetero) is 1. The monoisotopic (exact) mass is 294 g/mol. The third-order valence-electron chi connectivity index (χ3n) is 5.44. The van der Waals surface area contributed by atoms with Gasteiger partial charge < -0.3 is 9.80 Å². The summed E-state index contributed by atoms with van der Waals surface area (Å²) in [5, 5.41) is 0. The molecule has 2 rings (SSSR count). The molecule has 0 aliphatic carbocycles. The van der Waals surface area contributed by atoms with Crippen LogP contribution in [0.1, 0.15) is 59.3 Å². The molecule has 0 unspecified atom stereocenters. The van der Waals surface area contributed by atoms with Gasteiger partial charge in [-0.1, -0.05) is 6.92 Å². The minimum absolute atomic E-state index is 0.365. The molecule has 2 fully saturated rings. The molecule has 0 radical (unpaired) electrons. The first-order valence-electron chi connectivity index (χ1n) is 9.09. The maximum absolute atomic E-state index is 12.0. The maximum Gasteiger partial charge on any atom is 0.136 e. The third kappa shape index (κ3) is 5.07. The van der Waals surface area contributed by atoms with Gasteiger partial charge in [-0.2, -0.15) is 0 Å². The van der Waals surface area contributed by atoms with Crippen molar-refractivity contribution in [3.8, 4) is 0 Å². The van der Waals surface area contributed by atoms with Crippen LogP contribution in [0.25, 0.3) is 0 Å². The van der Waals surface area contributed by atoms with Gasteiger partial charge in [0.25, 0.3) is 0 Å². The van der Waals surface area contributed by atoms with E-state index in [-0.39, 0.29) is 0 Å². The van der Waals surface area contributed by atoms with Crippen LogP contribution in [0.4, 0.5) is 0 Å². The van der Waals surface area contributed by atoms with Crippen molar-refractivity contribution < 1.29 is 4.79 Å². The van der Waals surface area contributed by atoms with Crippen LogP contribution in [0.3, 0.4) is 0 Å². The fourth-order valence-corrected chi connectivity index (χ4v) is 3.91. The first kappa shape index (κ1) is 17.0. The molecule has 3 heteroatoms. The van der Waals surface area contributed by atoms with Crippen LogP contribution in [-0.2, 0) is 4.79 Å². The topological polar surface area (TPSA) is 23.6 Å². The molecule has 2 aliphatic rings. The number of hydrogen-bond donors (Lipinski definition) is 0. The lowest BCUT2D eigenvalue weighted by Crippen LogP contribution is -2.43. The van der Waals surface area contributed by atoms with E-state index in [1.165, 1.54) is 32.5 Å². The Bertz CT molecular complexity index is 313. The normalized spacial score (nSPS) is 23.8. The molecular weight excluding hydrogens is 260 g/mol. The first-order chi connectivity index (χ1) is 10.1. The van der Waals surface area contributed by atoms with E-state index in [0.29, 0.717) is 17.7 Å². The van der Waals surface area contributed by atoms with Crippen molar-refractivity contribution in [1.82, 2.24) is 9.80 Å². The highest BCUT2D eigenvalue weighted by Crippen LogP contribution is 2.24. The zero-order valence-corrected chi connectivity index (χ0v) is 14.3. The van der Waals surface area contributed by atoms with Crippen LogP contribution in [0, 0.1) is 11.8 Å². The molecule has 0 aromatic carbocycles. The lowest BCUT2D eigenvalue weighted by Gasteiger charge is -2.38. The molecule has 122 valence electrons. The molecule has 3 nitrogen and oxygen atoms in total. The zero-order valence-electron chi connectivity index (χ0n) is 14.3. The summed E-state index contributed by atoms with van der Waals surface area (Å²) >= 11 is 0. The molecule has 0 atom stereocenters. The van der Waals surface area contributed by atoms with Crippen molar-refractivity contribution in [3.05, 3.63) is 0 Å². The molecule has 0 aromatic heterocycles. The summed E-state index contributed by atoms with van der Waals surface area (Å²) in [7, 11) is 0. The van der Waals surface area contributed by atoms with Gasteiger partial charge in [0, 0.05) is 24.9 Å². The number of hydrogen-bond acceptors (Lipinski definition) is 3. The second-order valence-electron chi connectivity index (χ2n) is 7.36. The molecule has 0 saturated carbocycles. The van der Waals surface area contributed by atoms with Crippen molar-refractivity contribution >= 4 is 5.78 Å². The van der Waals surface area contributed by atoms with Gasteiger partial charge in [-0.05, 0) is 78.0 Å². The zero-order chi connectivity index (χ0) is 15.2. The van der Waals surface area contributed by atoms with Crippen LogP contribution in [0.5, 0.6) is 0 Å². The lowest BCUT2D eigenvalue weighted by atomic mass is 9.89. The largest absolute Gasteiger partial charge is 0.303 e. The van der Waals surface area contributed by atoms with Gasteiger partial charge in [-0.25, -0.2) is 0 Å². The van der Waals surface area contributed by atoms with Gasteiger partial charge in [0.15, 0.2) is 0 Å². The summed E-state index contributed by atoms with van der Waals surface area (Å²) in [6.45, 7) is 12.8. The van der Waals surface area contributed by atoms with Gasteiger partial charge in [-0.15, -0.1) is 0 Å². The van der Waals surface area contributed by atoms with Crippen molar-refractivity contribution in [2.75, 3.05) is 32.7 Å². The number of nitrogens with zero attached hydrogens (tertiary/aromatic N) is 2. The van der Waals surface area contributed by atoms with Crippen LogP contribution in [0.2, 0.25) is 0 Å². The Morgan fingerprint density at radius 3 is 2.19 bits per heavy atom. The summed E-state index contributed by atoms with van der Waals surface area (Å²) < 4.78 is 0. The van der Waals surface area contributed by atoms with Crippen LogP contribution in [-0.4, -0.2) is 54.3 Å². The van der Waals surface area contributed by atoms with E-state index in [0.717, 1.165) is 44.7 Å². The minimum Gasteiger partial charge on any atom is -0.303 e. The predicted octanol–water partition coefficient (Wildman–Crippen LogP) is 3.19. The Hall–Kier alpha value is -0.410. The van der Waals surface area contributed by atoms with Gasteiger partial charge >= 0.3 is 0 Å². The molecule has 2 aliphatic heterocycles.